The van der Waals surface area contributed by atoms with Crippen LogP contribution < -0.4 is 33.8 Å². The van der Waals surface area contributed by atoms with Crippen LogP contribution in [0.4, 0.5) is 37.5 Å². The van der Waals surface area contributed by atoms with Gasteiger partial charge >= 0.3 is 61.9 Å². The van der Waals surface area contributed by atoms with E-state index in [4.69, 9.17) is 56.9 Å². The molecule has 9 heterocycles. The summed E-state index contributed by atoms with van der Waals surface area (Å²) in [6, 6.07) is 29.8. The molecule has 0 spiro atoms. The van der Waals surface area contributed by atoms with Crippen molar-refractivity contribution in [2.45, 2.75) is 65.6 Å². The molecule has 0 unspecified atom stereocenters. The molecule has 0 fully saturated rings. The van der Waals surface area contributed by atoms with Crippen molar-refractivity contribution in [2.24, 2.45) is 0 Å². The number of aromatic nitrogens is 9. The number of halogens is 11. The number of nitro benzene ring substituents is 2. The summed E-state index contributed by atoms with van der Waals surface area (Å²) >= 11 is 31.7. The summed E-state index contributed by atoms with van der Waals surface area (Å²) in [5, 5.41) is 28.5. The molecule has 0 bridgehead atoms. The summed E-state index contributed by atoms with van der Waals surface area (Å²) in [7, 11) is 2.60. The van der Waals surface area contributed by atoms with Gasteiger partial charge in [-0.25, -0.2) is 29.9 Å². The van der Waals surface area contributed by atoms with E-state index >= 15 is 0 Å². The Kier molecular flexibility index (Phi) is 27.6. The van der Waals surface area contributed by atoms with Crippen molar-refractivity contribution < 1.29 is 41.4 Å². The van der Waals surface area contributed by atoms with E-state index in [9.17, 15) is 29.0 Å². The van der Waals surface area contributed by atoms with Crippen LogP contribution in [0.3, 0.4) is 0 Å². The molecule has 11 aromatic rings. The van der Waals surface area contributed by atoms with Gasteiger partial charge in [0.05, 0.1) is 63.4 Å². The molecule has 6 aromatic heterocycles. The molecule has 0 saturated heterocycles. The molecule has 0 amide bonds. The van der Waals surface area contributed by atoms with Gasteiger partial charge in [-0.3, -0.25) is 20.2 Å². The van der Waals surface area contributed by atoms with Crippen LogP contribution >= 0.6 is 121 Å². The number of aryl methyl sites for hydroxylation is 6. The van der Waals surface area contributed by atoms with E-state index in [1.54, 1.807) is 18.5 Å². The fourth-order valence-electron chi connectivity index (χ4n) is 10.5. The summed E-state index contributed by atoms with van der Waals surface area (Å²) in [5.41, 5.74) is 16.1. The molecule has 3 N–H and O–H groups in total. The standard InChI is InChI=1S/C22H18FN5O3.C15H12ClN3.C11H11N.C7H6ClFN2O3.C4H2Cl2N2.CH4.I3.I2/c1-31-20-10-16(23)19(28(29)30)11-18(20)26-22-24-8-7-17(25-22)15-12-27-9-3-5-13-4-2-6-14(15)21(13)27;16-15-17-7-6-13(18-15)12-9-19-8-2-4-10-3-1-5-11(12)14(10)19;1-3-9-5-2-7-12-8-6-10(4-1)11(9)12;1-14-7-3(10)2-4(11(12)13)6(9)5(7)8;5-3-1-2-7-4(6)8-3;;1-3-2;1-2/h2,4,6-8,10-12H,3,5,9H2,1H3,(H,24,25,26);1,3,5-7,9H,2,4,8H2;1,3-4,6,8H,2,5,7H2;2H,10H2,1H3;1-2H;1H4;;/q;;;;;;-1;. The van der Waals surface area contributed by atoms with Crippen LogP contribution in [0, 0.1) is 31.9 Å². The van der Waals surface area contributed by atoms with Crippen LogP contribution in [0.15, 0.2) is 134 Å². The van der Waals surface area contributed by atoms with Crippen LogP contribution in [0.25, 0.3) is 55.2 Å². The SMILES string of the molecule is C.COc1c(N)cc([N+](=O)[O-])c(F)c1Cl.COc1cc(F)c([N+](=O)[O-])cc1Nc1nccc(-c2cn3c4c(cccc24)CCC3)n1.Clc1ccnc(Cl)n1.Clc1nccc(-c2cn3c4c(cccc24)CCC3)n1.II.I[I-]I.c1cc2c3c(c1)ccn3CCC2. The number of anilines is 3. The predicted octanol–water partition coefficient (Wildman–Crippen LogP) is 16.1. The van der Waals surface area contributed by atoms with Gasteiger partial charge in [0.15, 0.2) is 5.75 Å². The number of nitrogens with two attached hydrogens (primary N) is 1. The Bertz CT molecular complexity index is 4320. The van der Waals surface area contributed by atoms with Crippen LogP contribution in [-0.4, -0.2) is 67.7 Å². The molecule has 5 aromatic carbocycles. The Hall–Kier alpha value is -5.37. The smallest absolute Gasteiger partial charge is 0.0512 e. The third-order valence-electron chi connectivity index (χ3n) is 14.1. The normalized spacial score (nSPS) is 12.0. The number of hydrogen-bond donors (Lipinski definition) is 2. The number of para-hydroxylation sites is 3. The topological polar surface area (TPSA) is 235 Å². The van der Waals surface area contributed by atoms with Crippen LogP contribution in [-0.2, 0) is 38.9 Å². The molecule has 14 rings (SSSR count). The number of nitrogen functional groups attached to an aromatic ring is 1. The first-order valence-electron chi connectivity index (χ1n) is 26.5. The molecule has 0 radical (unpaired) electrons. The van der Waals surface area contributed by atoms with Crippen LogP contribution in [0.2, 0.25) is 20.7 Å². The first kappa shape index (κ1) is 72.1. The quantitative estimate of drug-likeness (QED) is 0.0360. The largest absolute Gasteiger partial charge is 0.347 e. The summed E-state index contributed by atoms with van der Waals surface area (Å²) in [6.45, 7) is 3.23. The number of hydrogen-bond acceptors (Lipinski definition) is 14. The van der Waals surface area contributed by atoms with Crippen molar-refractivity contribution in [3.8, 4) is 34.0 Å². The van der Waals surface area contributed by atoms with Crippen molar-refractivity contribution in [3.05, 3.63) is 204 Å². The number of rotatable bonds is 8. The zero-order valence-corrected chi connectivity index (χ0v) is 60.5. The second-order valence-corrected chi connectivity index (χ2v) is 36.9. The Morgan fingerprint density at radius 2 is 1.16 bits per heavy atom. The average Bonchev–Trinajstić information content (AvgIpc) is 1.77. The third kappa shape index (κ3) is 17.5. The van der Waals surface area contributed by atoms with E-state index in [0.29, 0.717) is 23.7 Å². The number of ether oxygens (including phenoxy) is 2. The molecule has 90 heavy (non-hydrogen) atoms. The number of benzene rings is 5. The second-order valence-electron chi connectivity index (χ2n) is 19.2. The molecular weight excluding hydrogens is 1810 g/mol. The molecule has 3 aliphatic heterocycles. The van der Waals surface area contributed by atoms with E-state index < -0.39 is 37.9 Å². The van der Waals surface area contributed by atoms with Gasteiger partial charge in [-0.15, -0.1) is 0 Å². The van der Waals surface area contributed by atoms with Gasteiger partial charge in [-0.1, -0.05) is 85.2 Å². The van der Waals surface area contributed by atoms with Gasteiger partial charge in [0, 0.05) is 134 Å². The van der Waals surface area contributed by atoms with Gasteiger partial charge in [0.1, 0.15) is 15.9 Å². The van der Waals surface area contributed by atoms with Crippen molar-refractivity contribution in [3.63, 3.8) is 0 Å². The Morgan fingerprint density at radius 1 is 0.644 bits per heavy atom. The van der Waals surface area contributed by atoms with Crippen molar-refractivity contribution >= 4 is 182 Å². The molecule has 3 aliphatic rings. The first-order chi connectivity index (χ1) is 43.0. The summed E-state index contributed by atoms with van der Waals surface area (Å²) in [6.07, 6.45) is 18.4. The van der Waals surface area contributed by atoms with Crippen molar-refractivity contribution in [2.75, 3.05) is 25.3 Å². The maximum Gasteiger partial charge on any atom is 0.0512 e. The maximum atomic E-state index is 13.9. The number of methoxy groups -OCH3 is 2. The van der Waals surface area contributed by atoms with Gasteiger partial charge in [-0.05, 0) is 108 Å². The Morgan fingerprint density at radius 3 is 1.67 bits per heavy atom. The van der Waals surface area contributed by atoms with E-state index in [2.05, 4.69) is 207 Å². The molecule has 0 atom stereocenters. The summed E-state index contributed by atoms with van der Waals surface area (Å²) in [5.74, 6) is -1.89. The van der Waals surface area contributed by atoms with Gasteiger partial charge in [0.25, 0.3) is 0 Å². The zero-order chi connectivity index (χ0) is 63.9. The summed E-state index contributed by atoms with van der Waals surface area (Å²) in [4.78, 5) is 44.1. The molecule has 19 nitrogen and oxygen atoms in total. The van der Waals surface area contributed by atoms with E-state index in [-0.39, 0.29) is 41.5 Å². The number of nitro groups is 2. The minimum Gasteiger partial charge on any atom is -0.347 e. The van der Waals surface area contributed by atoms with Gasteiger partial charge in [0.2, 0.25) is 28.1 Å². The Balaban J connectivity index is 0.000000168. The zero-order valence-electron chi connectivity index (χ0n) is 46.7. The fraction of sp³-hybridized carbons (Fsp3) is 0.200. The van der Waals surface area contributed by atoms with E-state index in [0.717, 1.165) is 78.5 Å². The number of nitrogens with zero attached hydrogens (tertiary/aromatic N) is 11. The summed E-state index contributed by atoms with van der Waals surface area (Å²) < 4.78 is 43.9. The van der Waals surface area contributed by atoms with Crippen molar-refractivity contribution in [1.29, 1.82) is 0 Å². The molecule has 30 heteroatoms. The molecule has 0 saturated carbocycles. The number of nitrogens with one attached hydrogen (secondary N) is 1. The van der Waals surface area contributed by atoms with E-state index in [1.165, 1.54) is 90.2 Å². The maximum absolute atomic E-state index is 13.9. The fourth-order valence-corrected chi connectivity index (χ4v) is 11.2. The van der Waals surface area contributed by atoms with Crippen molar-refractivity contribution in [1.82, 2.24) is 43.6 Å². The first-order valence-corrected chi connectivity index (χ1v) is 46.9. The Labute approximate surface area is 588 Å². The predicted molar refractivity (Wildman–Crippen MR) is 385 cm³/mol. The third-order valence-corrected chi connectivity index (χ3v) is 15.0. The average molecular weight is 1870 g/mol. The monoisotopic (exact) mass is 1860 g/mol. The molecule has 0 aliphatic carbocycles. The van der Waals surface area contributed by atoms with Crippen LogP contribution in [0.1, 0.15) is 43.4 Å². The minimum absolute atomic E-state index is 0. The van der Waals surface area contributed by atoms with Gasteiger partial charge in [-0.2, -0.15) is 8.78 Å². The molecular formula is C60H53Cl4F2I5N13O6-. The minimum atomic E-state index is -1.15. The van der Waals surface area contributed by atoms with E-state index in [1.807, 2.05) is 12.1 Å². The van der Waals surface area contributed by atoms with Gasteiger partial charge < -0.3 is 34.2 Å². The van der Waals surface area contributed by atoms with Crippen LogP contribution in [0.5, 0.6) is 11.5 Å². The molecule has 472 valence electrons. The second kappa shape index (κ2) is 34.5.